The molecule has 0 saturated carbocycles. The molecule has 0 amide bonds. The van der Waals surface area contributed by atoms with Crippen molar-refractivity contribution in [2.24, 2.45) is 7.05 Å². The van der Waals surface area contributed by atoms with Gasteiger partial charge in [-0.25, -0.2) is 4.79 Å². The van der Waals surface area contributed by atoms with E-state index in [9.17, 15) is 4.79 Å². The number of hydrogen-bond acceptors (Lipinski definition) is 4. The van der Waals surface area contributed by atoms with Crippen LogP contribution in [0.1, 0.15) is 35.2 Å². The number of para-hydroxylation sites is 1. The van der Waals surface area contributed by atoms with Crippen molar-refractivity contribution in [2.75, 3.05) is 12.0 Å². The van der Waals surface area contributed by atoms with Gasteiger partial charge in [0.25, 0.3) is 0 Å². The first-order chi connectivity index (χ1) is 17.0. The molecule has 2 heterocycles. The number of ether oxygens (including phenoxy) is 1. The number of benzene rings is 3. The van der Waals surface area contributed by atoms with Gasteiger partial charge in [-0.05, 0) is 59.4 Å². The third-order valence-corrected chi connectivity index (χ3v) is 6.66. The van der Waals surface area contributed by atoms with Crippen molar-refractivity contribution in [2.45, 2.75) is 25.4 Å². The second-order valence-corrected chi connectivity index (χ2v) is 9.04. The lowest BCUT2D eigenvalue weighted by molar-refractivity contribution is -0.134. The summed E-state index contributed by atoms with van der Waals surface area (Å²) in [4.78, 5) is 14.0. The zero-order valence-corrected chi connectivity index (χ0v) is 20.3. The number of anilines is 1. The first-order valence-corrected chi connectivity index (χ1v) is 11.8. The molecule has 0 saturated heterocycles. The molecule has 0 bridgehead atoms. The highest BCUT2D eigenvalue weighted by Crippen LogP contribution is 2.42. The molecule has 3 aromatic carbocycles. The molecule has 5 heteroatoms. The number of methoxy groups -OCH3 is 1. The number of aryl methyl sites for hydroxylation is 1. The van der Waals surface area contributed by atoms with E-state index in [2.05, 4.69) is 95.9 Å². The van der Waals surface area contributed by atoms with Crippen LogP contribution in [0.3, 0.4) is 0 Å². The van der Waals surface area contributed by atoms with Gasteiger partial charge in [0.05, 0.1) is 19.3 Å². The number of nitrogens with zero attached hydrogens (tertiary/aromatic N) is 3. The molecule has 5 nitrogen and oxygen atoms in total. The van der Waals surface area contributed by atoms with Gasteiger partial charge in [0.15, 0.2) is 0 Å². The summed E-state index contributed by atoms with van der Waals surface area (Å²) in [5, 5.41) is 4.35. The Morgan fingerprint density at radius 2 is 1.80 bits per heavy atom. The summed E-state index contributed by atoms with van der Waals surface area (Å²) >= 11 is 0. The van der Waals surface area contributed by atoms with E-state index < -0.39 is 0 Å². The van der Waals surface area contributed by atoms with E-state index >= 15 is 0 Å². The highest BCUT2D eigenvalue weighted by Gasteiger charge is 2.33. The Balaban J connectivity index is 1.58. The molecule has 0 aliphatic carbocycles. The maximum Gasteiger partial charge on any atom is 0.330 e. The molecule has 0 unspecified atom stereocenters. The monoisotopic (exact) mass is 463 g/mol. The molecular weight excluding hydrogens is 434 g/mol. The van der Waals surface area contributed by atoms with Crippen molar-refractivity contribution in [3.63, 3.8) is 0 Å². The molecule has 35 heavy (non-hydrogen) atoms. The van der Waals surface area contributed by atoms with Crippen molar-refractivity contribution in [1.82, 2.24) is 9.78 Å². The standard InChI is InChI=1S/C30H29N3O2/c1-21-17-25-18-24(26-19-31-32(2)20-26)14-15-28(25)30(33(21)27-7-5-4-6-8-27)23-12-9-22(10-13-23)11-16-29(34)35-3/h4-16,18-21,30H,17H2,1-3H3/b16-11+/t21-,30-/m1/s1. The number of rotatable bonds is 5. The van der Waals surface area contributed by atoms with Crippen LogP contribution in [0, 0.1) is 0 Å². The molecule has 176 valence electrons. The Hall–Kier alpha value is -4.12. The van der Waals surface area contributed by atoms with Crippen molar-refractivity contribution in [1.29, 1.82) is 0 Å². The summed E-state index contributed by atoms with van der Waals surface area (Å²) in [6, 6.07) is 26.3. The van der Waals surface area contributed by atoms with Gasteiger partial charge >= 0.3 is 5.97 Å². The fourth-order valence-electron chi connectivity index (χ4n) is 4.99. The molecule has 1 aliphatic heterocycles. The minimum atomic E-state index is -0.358. The maximum atomic E-state index is 11.5. The molecule has 4 aromatic rings. The van der Waals surface area contributed by atoms with Gasteiger partial charge in [-0.1, -0.05) is 60.7 Å². The fraction of sp³-hybridized carbons (Fsp3) is 0.200. The molecule has 0 N–H and O–H groups in total. The van der Waals surface area contributed by atoms with Crippen LogP contribution in [0.15, 0.2) is 91.3 Å². The van der Waals surface area contributed by atoms with Crippen LogP contribution in [0.4, 0.5) is 5.69 Å². The molecule has 2 atom stereocenters. The Labute approximate surface area is 206 Å². The molecule has 0 radical (unpaired) electrons. The summed E-state index contributed by atoms with van der Waals surface area (Å²) < 4.78 is 6.55. The maximum absolute atomic E-state index is 11.5. The number of esters is 1. The lowest BCUT2D eigenvalue weighted by atomic mass is 9.83. The van der Waals surface area contributed by atoms with Crippen LogP contribution in [0.5, 0.6) is 0 Å². The topological polar surface area (TPSA) is 47.4 Å². The second-order valence-electron chi connectivity index (χ2n) is 9.04. The van der Waals surface area contributed by atoms with Crippen LogP contribution in [0.2, 0.25) is 0 Å². The minimum absolute atomic E-state index is 0.0812. The minimum Gasteiger partial charge on any atom is -0.466 e. The van der Waals surface area contributed by atoms with Gasteiger partial charge < -0.3 is 9.64 Å². The van der Waals surface area contributed by atoms with Gasteiger partial charge in [-0.15, -0.1) is 0 Å². The predicted octanol–water partition coefficient (Wildman–Crippen LogP) is 5.81. The lowest BCUT2D eigenvalue weighted by Gasteiger charge is -2.44. The van der Waals surface area contributed by atoms with Crippen LogP contribution >= 0.6 is 0 Å². The number of carbonyl (C=O) groups excluding carboxylic acids is 1. The first kappa shape index (κ1) is 22.7. The van der Waals surface area contributed by atoms with Gasteiger partial charge in [0, 0.05) is 36.6 Å². The Morgan fingerprint density at radius 1 is 1.03 bits per heavy atom. The second kappa shape index (κ2) is 9.63. The zero-order valence-electron chi connectivity index (χ0n) is 20.3. The van der Waals surface area contributed by atoms with Crippen LogP contribution in [0.25, 0.3) is 17.2 Å². The number of aromatic nitrogens is 2. The highest BCUT2D eigenvalue weighted by molar-refractivity contribution is 5.86. The van der Waals surface area contributed by atoms with Crippen LogP contribution < -0.4 is 4.90 Å². The summed E-state index contributed by atoms with van der Waals surface area (Å²) in [7, 11) is 3.33. The van der Waals surface area contributed by atoms with E-state index in [0.717, 1.165) is 17.5 Å². The molecule has 0 fully saturated rings. The van der Waals surface area contributed by atoms with E-state index in [4.69, 9.17) is 4.74 Å². The van der Waals surface area contributed by atoms with E-state index in [0.29, 0.717) is 6.04 Å². The molecule has 1 aromatic heterocycles. The third kappa shape index (κ3) is 4.62. The van der Waals surface area contributed by atoms with Crippen LogP contribution in [-0.4, -0.2) is 28.9 Å². The summed E-state index contributed by atoms with van der Waals surface area (Å²) in [6.45, 7) is 2.30. The van der Waals surface area contributed by atoms with E-state index in [1.165, 1.54) is 41.1 Å². The molecule has 0 spiro atoms. The zero-order chi connectivity index (χ0) is 24.4. The largest absolute Gasteiger partial charge is 0.466 e. The van der Waals surface area contributed by atoms with E-state index in [-0.39, 0.29) is 12.0 Å². The summed E-state index contributed by atoms with van der Waals surface area (Å²) in [5.41, 5.74) is 8.39. The average molecular weight is 464 g/mol. The molecule has 1 aliphatic rings. The molecule has 5 rings (SSSR count). The van der Waals surface area contributed by atoms with Crippen LogP contribution in [-0.2, 0) is 23.0 Å². The SMILES string of the molecule is COC(=O)/C=C/c1ccc([C@@H]2c3ccc(-c4cnn(C)c4)cc3C[C@@H](C)N2c2ccccc2)cc1. The number of fused-ring (bicyclic) bond motifs is 1. The molecular formula is C30H29N3O2. The third-order valence-electron chi connectivity index (χ3n) is 6.66. The Bertz CT molecular complexity index is 1360. The normalized spacial score (nSPS) is 17.4. The van der Waals surface area contributed by atoms with Gasteiger partial charge in [-0.2, -0.15) is 5.10 Å². The highest BCUT2D eigenvalue weighted by atomic mass is 16.5. The smallest absolute Gasteiger partial charge is 0.330 e. The predicted molar refractivity (Wildman–Crippen MR) is 140 cm³/mol. The summed E-state index contributed by atoms with van der Waals surface area (Å²) in [6.07, 6.45) is 8.17. The Kier molecular flexibility index (Phi) is 6.23. The van der Waals surface area contributed by atoms with Crippen molar-refractivity contribution in [3.8, 4) is 11.1 Å². The Morgan fingerprint density at radius 3 is 2.49 bits per heavy atom. The van der Waals surface area contributed by atoms with Crippen molar-refractivity contribution >= 4 is 17.7 Å². The number of carbonyl (C=O) groups is 1. The quantitative estimate of drug-likeness (QED) is 0.277. The van der Waals surface area contributed by atoms with Gasteiger partial charge in [0.2, 0.25) is 0 Å². The fourth-order valence-corrected chi connectivity index (χ4v) is 4.99. The first-order valence-electron chi connectivity index (χ1n) is 11.8. The van der Waals surface area contributed by atoms with E-state index in [1.54, 1.807) is 6.08 Å². The van der Waals surface area contributed by atoms with Crippen molar-refractivity contribution in [3.05, 3.63) is 114 Å². The summed E-state index contributed by atoms with van der Waals surface area (Å²) in [5.74, 6) is -0.358. The lowest BCUT2D eigenvalue weighted by Crippen LogP contribution is -2.42. The van der Waals surface area contributed by atoms with Gasteiger partial charge in [0.1, 0.15) is 0 Å². The van der Waals surface area contributed by atoms with Gasteiger partial charge in [-0.3, -0.25) is 4.68 Å². The number of hydrogen-bond donors (Lipinski definition) is 0. The van der Waals surface area contributed by atoms with E-state index in [1.807, 2.05) is 17.9 Å². The van der Waals surface area contributed by atoms with Crippen molar-refractivity contribution < 1.29 is 9.53 Å². The average Bonchev–Trinajstić information content (AvgIpc) is 3.33.